The Morgan fingerprint density at radius 2 is 2.16 bits per heavy atom. The number of methoxy groups -OCH3 is 1. The molecule has 1 aliphatic heterocycles. The van der Waals surface area contributed by atoms with Gasteiger partial charge in [0.05, 0.1) is 23.7 Å². The summed E-state index contributed by atoms with van der Waals surface area (Å²) < 4.78 is 7.05. The summed E-state index contributed by atoms with van der Waals surface area (Å²) in [4.78, 5) is 21.3. The van der Waals surface area contributed by atoms with Crippen molar-refractivity contribution in [2.24, 2.45) is 4.99 Å². The summed E-state index contributed by atoms with van der Waals surface area (Å²) in [5.41, 5.74) is 0.465. The molecule has 3 rings (SSSR count). The van der Waals surface area contributed by atoms with E-state index in [-0.39, 0.29) is 35.9 Å². The molecular formula is C20H29ClIN7O2. The van der Waals surface area contributed by atoms with E-state index in [1.807, 2.05) is 11.6 Å². The number of hydrogen-bond donors (Lipinski definition) is 3. The van der Waals surface area contributed by atoms with Crippen LogP contribution in [0.4, 0.5) is 0 Å². The zero-order chi connectivity index (χ0) is 21.3. The van der Waals surface area contributed by atoms with Gasteiger partial charge in [0.2, 0.25) is 0 Å². The normalized spacial score (nSPS) is 15.6. The van der Waals surface area contributed by atoms with Crippen LogP contribution >= 0.6 is 35.6 Å². The van der Waals surface area contributed by atoms with Gasteiger partial charge < -0.3 is 20.7 Å². The van der Waals surface area contributed by atoms with E-state index in [4.69, 9.17) is 16.3 Å². The van der Waals surface area contributed by atoms with Crippen LogP contribution < -0.4 is 16.0 Å². The first-order valence-electron chi connectivity index (χ1n) is 10.1. The molecule has 0 spiro atoms. The first kappa shape index (κ1) is 25.3. The van der Waals surface area contributed by atoms with Crippen molar-refractivity contribution in [1.29, 1.82) is 0 Å². The van der Waals surface area contributed by atoms with Crippen LogP contribution in [0.2, 0.25) is 5.02 Å². The number of rotatable bonds is 8. The van der Waals surface area contributed by atoms with Crippen LogP contribution in [0, 0.1) is 0 Å². The van der Waals surface area contributed by atoms with Crippen LogP contribution in [-0.2, 0) is 24.3 Å². The third-order valence-corrected chi connectivity index (χ3v) is 4.98. The van der Waals surface area contributed by atoms with Crippen molar-refractivity contribution in [2.75, 3.05) is 26.7 Å². The molecule has 9 nitrogen and oxygen atoms in total. The Morgan fingerprint density at radius 3 is 2.90 bits per heavy atom. The van der Waals surface area contributed by atoms with E-state index in [0.29, 0.717) is 36.1 Å². The van der Waals surface area contributed by atoms with Crippen LogP contribution in [0.15, 0.2) is 29.3 Å². The van der Waals surface area contributed by atoms with Crippen LogP contribution in [0.3, 0.4) is 0 Å². The second-order valence-corrected chi connectivity index (χ2v) is 7.34. The number of fused-ring (bicyclic) bond motifs is 1. The van der Waals surface area contributed by atoms with E-state index in [0.717, 1.165) is 37.7 Å². The zero-order valence-corrected chi connectivity index (χ0v) is 20.8. The summed E-state index contributed by atoms with van der Waals surface area (Å²) in [5, 5.41) is 14.5. The van der Waals surface area contributed by atoms with Gasteiger partial charge in [0.1, 0.15) is 12.4 Å². The Balaban J connectivity index is 0.00000341. The molecule has 0 fully saturated rings. The van der Waals surface area contributed by atoms with Gasteiger partial charge in [-0.2, -0.15) is 5.10 Å². The number of aliphatic imine (C=N–C) groups is 1. The molecule has 3 N–H and O–H groups in total. The third kappa shape index (κ3) is 7.32. The topological polar surface area (TPSA) is 105 Å². The van der Waals surface area contributed by atoms with Crippen molar-refractivity contribution in [2.45, 2.75) is 39.0 Å². The van der Waals surface area contributed by atoms with Gasteiger partial charge in [-0.3, -0.25) is 9.79 Å². The van der Waals surface area contributed by atoms with Crippen molar-refractivity contribution in [3.05, 3.63) is 46.5 Å². The van der Waals surface area contributed by atoms with E-state index < -0.39 is 0 Å². The van der Waals surface area contributed by atoms with Gasteiger partial charge in [-0.1, -0.05) is 23.7 Å². The molecule has 1 aliphatic rings. The summed E-state index contributed by atoms with van der Waals surface area (Å²) in [6.07, 6.45) is 1.79. The minimum absolute atomic E-state index is 0. The molecule has 0 saturated carbocycles. The number of nitrogens with zero attached hydrogens (tertiary/aromatic N) is 4. The standard InChI is InChI=1S/C20H28ClN7O2.HI/c1-3-22-20(24-11-10-23-19(29)15-6-4-5-7-16(15)21)25-14-8-9-18-26-17(13-30-2)27-28(18)12-14;/h4-7,14H,3,8-13H2,1-2H3,(H,23,29)(H2,22,24,25);1H. The lowest BCUT2D eigenvalue weighted by Crippen LogP contribution is -2.47. The fraction of sp³-hybridized carbons (Fsp3) is 0.500. The van der Waals surface area contributed by atoms with Crippen molar-refractivity contribution in [3.8, 4) is 0 Å². The fourth-order valence-electron chi connectivity index (χ4n) is 3.26. The maximum absolute atomic E-state index is 12.2. The quantitative estimate of drug-likeness (QED) is 0.197. The molecule has 1 aromatic heterocycles. The molecule has 0 radical (unpaired) electrons. The first-order chi connectivity index (χ1) is 14.6. The minimum atomic E-state index is -0.202. The highest BCUT2D eigenvalue weighted by Crippen LogP contribution is 2.15. The maximum Gasteiger partial charge on any atom is 0.252 e. The Morgan fingerprint density at radius 1 is 1.35 bits per heavy atom. The van der Waals surface area contributed by atoms with Gasteiger partial charge in [-0.25, -0.2) is 9.67 Å². The van der Waals surface area contributed by atoms with Crippen LogP contribution in [0.25, 0.3) is 0 Å². The fourth-order valence-corrected chi connectivity index (χ4v) is 3.48. The Hall–Kier alpha value is -1.92. The smallest absolute Gasteiger partial charge is 0.252 e. The largest absolute Gasteiger partial charge is 0.377 e. The van der Waals surface area contributed by atoms with E-state index >= 15 is 0 Å². The van der Waals surface area contributed by atoms with Gasteiger partial charge in [0.15, 0.2) is 11.8 Å². The number of ether oxygens (including phenoxy) is 1. The summed E-state index contributed by atoms with van der Waals surface area (Å²) >= 11 is 6.06. The van der Waals surface area contributed by atoms with E-state index in [1.54, 1.807) is 31.4 Å². The predicted octanol–water partition coefficient (Wildman–Crippen LogP) is 2.00. The minimum Gasteiger partial charge on any atom is -0.377 e. The molecule has 31 heavy (non-hydrogen) atoms. The molecule has 2 aromatic rings. The highest BCUT2D eigenvalue weighted by Gasteiger charge is 2.22. The maximum atomic E-state index is 12.2. The Labute approximate surface area is 204 Å². The van der Waals surface area contributed by atoms with Gasteiger partial charge in [-0.05, 0) is 25.5 Å². The number of guanidine groups is 1. The Bertz CT molecular complexity index is 890. The molecule has 1 unspecified atom stereocenters. The lowest BCUT2D eigenvalue weighted by atomic mass is 10.1. The number of aryl methyl sites for hydroxylation is 1. The lowest BCUT2D eigenvalue weighted by molar-refractivity contribution is 0.0955. The second kappa shape index (κ2) is 12.8. The number of benzene rings is 1. The molecule has 2 heterocycles. The highest BCUT2D eigenvalue weighted by molar-refractivity contribution is 14.0. The molecule has 0 bridgehead atoms. The summed E-state index contributed by atoms with van der Waals surface area (Å²) in [6.45, 7) is 4.77. The average Bonchev–Trinajstić information content (AvgIpc) is 3.13. The van der Waals surface area contributed by atoms with Crippen molar-refractivity contribution < 1.29 is 9.53 Å². The van der Waals surface area contributed by atoms with Crippen LogP contribution in [0.5, 0.6) is 0 Å². The molecule has 1 atom stereocenters. The van der Waals surface area contributed by atoms with Crippen LogP contribution in [-0.4, -0.2) is 59.4 Å². The Kier molecular flexibility index (Phi) is 10.5. The number of amides is 1. The summed E-state index contributed by atoms with van der Waals surface area (Å²) in [6, 6.07) is 7.18. The first-order valence-corrected chi connectivity index (χ1v) is 10.5. The van der Waals surface area contributed by atoms with Gasteiger partial charge >= 0.3 is 0 Å². The predicted molar refractivity (Wildman–Crippen MR) is 131 cm³/mol. The summed E-state index contributed by atoms with van der Waals surface area (Å²) in [5.74, 6) is 2.22. The van der Waals surface area contributed by atoms with Crippen molar-refractivity contribution in [1.82, 2.24) is 30.7 Å². The number of aromatic nitrogens is 3. The van der Waals surface area contributed by atoms with Gasteiger partial charge in [-0.15, -0.1) is 24.0 Å². The number of carbonyl (C=O) groups excluding carboxylic acids is 1. The third-order valence-electron chi connectivity index (χ3n) is 4.65. The SMILES string of the molecule is CCNC(=NCCNC(=O)c1ccccc1Cl)NC1CCc2nc(COC)nn2C1.I. The molecule has 170 valence electrons. The number of halogens is 2. The van der Waals surface area contributed by atoms with Crippen molar-refractivity contribution in [3.63, 3.8) is 0 Å². The van der Waals surface area contributed by atoms with E-state index in [2.05, 4.69) is 31.0 Å². The second-order valence-electron chi connectivity index (χ2n) is 6.94. The molecule has 0 saturated heterocycles. The van der Waals surface area contributed by atoms with Gasteiger partial charge in [0.25, 0.3) is 5.91 Å². The average molecular weight is 562 g/mol. The molecule has 1 aromatic carbocycles. The summed E-state index contributed by atoms with van der Waals surface area (Å²) in [7, 11) is 1.64. The molecule has 1 amide bonds. The van der Waals surface area contributed by atoms with E-state index in [9.17, 15) is 4.79 Å². The molecule has 11 heteroatoms. The number of nitrogens with one attached hydrogen (secondary N) is 3. The number of hydrogen-bond acceptors (Lipinski definition) is 5. The van der Waals surface area contributed by atoms with E-state index in [1.165, 1.54) is 0 Å². The number of carbonyl (C=O) groups is 1. The van der Waals surface area contributed by atoms with Gasteiger partial charge in [0, 0.05) is 32.7 Å². The zero-order valence-electron chi connectivity index (χ0n) is 17.7. The van der Waals surface area contributed by atoms with Crippen LogP contribution in [0.1, 0.15) is 35.4 Å². The lowest BCUT2D eigenvalue weighted by Gasteiger charge is -2.25. The molecule has 0 aliphatic carbocycles. The van der Waals surface area contributed by atoms with Crippen molar-refractivity contribution >= 4 is 47.4 Å². The molecular weight excluding hydrogens is 533 g/mol. The monoisotopic (exact) mass is 561 g/mol. The highest BCUT2D eigenvalue weighted by atomic mass is 127.